The van der Waals surface area contributed by atoms with Crippen LogP contribution in [0.3, 0.4) is 0 Å². The third-order valence-corrected chi connectivity index (χ3v) is 2.48. The first-order chi connectivity index (χ1) is 8.97. The second-order valence-corrected chi connectivity index (χ2v) is 3.77. The van der Waals surface area contributed by atoms with Gasteiger partial charge in [0.25, 0.3) is 5.69 Å². The van der Waals surface area contributed by atoms with Gasteiger partial charge in [-0.1, -0.05) is 0 Å². The zero-order valence-corrected chi connectivity index (χ0v) is 9.59. The van der Waals surface area contributed by atoms with Crippen LogP contribution in [-0.4, -0.2) is 19.6 Å². The van der Waals surface area contributed by atoms with Gasteiger partial charge < -0.3 is 15.8 Å². The maximum absolute atomic E-state index is 10.7. The highest BCUT2D eigenvalue weighted by molar-refractivity contribution is 5.52. The van der Waals surface area contributed by atoms with Crippen molar-refractivity contribution in [2.75, 3.05) is 5.73 Å². The Balaban J connectivity index is 2.29. The first-order valence-corrected chi connectivity index (χ1v) is 5.18. The average Bonchev–Trinajstić information content (AvgIpc) is 2.80. The monoisotopic (exact) mass is 263 g/mol. The van der Waals surface area contributed by atoms with Crippen molar-refractivity contribution in [3.8, 4) is 0 Å². The fraction of sp³-hybridized carbons (Fsp3) is 0.100. The molecular formula is C10H9N5O4. The Labute approximate surface area is 106 Å². The molecule has 0 saturated carbocycles. The fourth-order valence-corrected chi connectivity index (χ4v) is 1.55. The molecule has 0 spiro atoms. The van der Waals surface area contributed by atoms with Crippen LogP contribution in [0.15, 0.2) is 30.5 Å². The van der Waals surface area contributed by atoms with Gasteiger partial charge in [-0.05, 0) is 11.0 Å². The van der Waals surface area contributed by atoms with Gasteiger partial charge >= 0.3 is 5.82 Å². The Morgan fingerprint density at radius 2 is 1.95 bits per heavy atom. The molecule has 0 fully saturated rings. The normalized spacial score (nSPS) is 10.3. The van der Waals surface area contributed by atoms with Crippen molar-refractivity contribution in [1.82, 2.24) is 9.78 Å². The second kappa shape index (κ2) is 4.72. The lowest BCUT2D eigenvalue weighted by atomic mass is 10.1. The molecular weight excluding hydrogens is 254 g/mol. The molecule has 0 bridgehead atoms. The molecule has 2 aromatic rings. The van der Waals surface area contributed by atoms with E-state index in [0.717, 1.165) is 0 Å². The molecule has 1 aromatic heterocycles. The highest BCUT2D eigenvalue weighted by Gasteiger charge is 2.14. The van der Waals surface area contributed by atoms with E-state index in [0.29, 0.717) is 11.3 Å². The summed E-state index contributed by atoms with van der Waals surface area (Å²) in [6, 6.07) is 5.28. The number of nitrogen functional groups attached to an aromatic ring is 1. The van der Waals surface area contributed by atoms with Gasteiger partial charge in [-0.25, -0.2) is 0 Å². The summed E-state index contributed by atoms with van der Waals surface area (Å²) >= 11 is 0. The fourth-order valence-electron chi connectivity index (χ4n) is 1.55. The molecule has 0 amide bonds. The largest absolute Gasteiger partial charge is 0.398 e. The minimum absolute atomic E-state index is 0.0918. The lowest BCUT2D eigenvalue weighted by Gasteiger charge is -2.03. The summed E-state index contributed by atoms with van der Waals surface area (Å²) < 4.78 is 1.30. The zero-order valence-electron chi connectivity index (χ0n) is 9.59. The third kappa shape index (κ3) is 2.65. The van der Waals surface area contributed by atoms with Gasteiger partial charge in [0.05, 0.1) is 28.8 Å². The van der Waals surface area contributed by atoms with Crippen LogP contribution in [0.25, 0.3) is 0 Å². The number of non-ortho nitro benzene ring substituents is 1. The van der Waals surface area contributed by atoms with E-state index in [1.54, 1.807) is 0 Å². The van der Waals surface area contributed by atoms with Gasteiger partial charge in [-0.15, -0.1) is 0 Å². The quantitative estimate of drug-likeness (QED) is 0.503. The molecule has 0 aliphatic heterocycles. The molecule has 0 radical (unpaired) electrons. The van der Waals surface area contributed by atoms with Crippen LogP contribution < -0.4 is 5.73 Å². The number of anilines is 1. The van der Waals surface area contributed by atoms with Crippen LogP contribution in [0.1, 0.15) is 5.56 Å². The highest BCUT2D eigenvalue weighted by Crippen LogP contribution is 2.20. The Morgan fingerprint density at radius 1 is 1.21 bits per heavy atom. The van der Waals surface area contributed by atoms with E-state index < -0.39 is 9.85 Å². The van der Waals surface area contributed by atoms with Crippen LogP contribution in [0.4, 0.5) is 17.2 Å². The average molecular weight is 263 g/mol. The predicted octanol–water partition coefficient (Wildman–Crippen LogP) is 1.33. The Kier molecular flexibility index (Phi) is 3.10. The van der Waals surface area contributed by atoms with Crippen LogP contribution >= 0.6 is 0 Å². The van der Waals surface area contributed by atoms with E-state index in [4.69, 9.17) is 5.73 Å². The van der Waals surface area contributed by atoms with Gasteiger partial charge in [0.2, 0.25) is 0 Å². The predicted molar refractivity (Wildman–Crippen MR) is 65.5 cm³/mol. The van der Waals surface area contributed by atoms with Crippen LogP contribution in [0.5, 0.6) is 0 Å². The summed E-state index contributed by atoms with van der Waals surface area (Å²) in [7, 11) is 0. The van der Waals surface area contributed by atoms with Crippen molar-refractivity contribution in [1.29, 1.82) is 0 Å². The number of nitro groups is 2. The summed E-state index contributed by atoms with van der Waals surface area (Å²) in [5, 5.41) is 24.9. The minimum atomic E-state index is -0.618. The van der Waals surface area contributed by atoms with Crippen molar-refractivity contribution in [2.24, 2.45) is 0 Å². The van der Waals surface area contributed by atoms with Crippen molar-refractivity contribution in [3.05, 3.63) is 56.3 Å². The molecule has 9 nitrogen and oxygen atoms in total. The second-order valence-electron chi connectivity index (χ2n) is 3.77. The summed E-state index contributed by atoms with van der Waals surface area (Å²) in [5.74, 6) is -0.288. The number of nitrogens with zero attached hydrogens (tertiary/aromatic N) is 4. The van der Waals surface area contributed by atoms with Crippen molar-refractivity contribution < 1.29 is 9.85 Å². The maximum Gasteiger partial charge on any atom is 0.389 e. The molecule has 0 saturated heterocycles. The molecule has 0 atom stereocenters. The Bertz CT molecular complexity index is 651. The minimum Gasteiger partial charge on any atom is -0.398 e. The number of benzene rings is 1. The molecule has 1 heterocycles. The summed E-state index contributed by atoms with van der Waals surface area (Å²) in [6.45, 7) is 0.126. The molecule has 0 aliphatic rings. The standard InChI is InChI=1S/C10H9N5O4/c11-9-2-1-8(14(16)17)5-7(9)6-13-4-3-10(12-13)15(18)19/h1-5H,6,11H2. The number of aromatic nitrogens is 2. The number of nitro benzene ring substituents is 1. The molecule has 1 aromatic carbocycles. The Hall–Kier alpha value is -2.97. The lowest BCUT2D eigenvalue weighted by molar-refractivity contribution is -0.389. The van der Waals surface area contributed by atoms with Crippen LogP contribution in [-0.2, 0) is 6.54 Å². The van der Waals surface area contributed by atoms with Gasteiger partial charge in [0.15, 0.2) is 0 Å². The first kappa shape index (κ1) is 12.5. The maximum atomic E-state index is 10.7. The van der Waals surface area contributed by atoms with E-state index in [2.05, 4.69) is 5.10 Å². The summed E-state index contributed by atoms with van der Waals surface area (Å²) in [6.07, 6.45) is 1.41. The molecule has 19 heavy (non-hydrogen) atoms. The third-order valence-electron chi connectivity index (χ3n) is 2.48. The number of hydrogen-bond donors (Lipinski definition) is 1. The van der Waals surface area contributed by atoms with E-state index in [-0.39, 0.29) is 18.1 Å². The molecule has 2 rings (SSSR count). The van der Waals surface area contributed by atoms with Crippen molar-refractivity contribution in [3.63, 3.8) is 0 Å². The van der Waals surface area contributed by atoms with Gasteiger partial charge in [0, 0.05) is 23.4 Å². The van der Waals surface area contributed by atoms with Crippen molar-refractivity contribution in [2.45, 2.75) is 6.54 Å². The molecule has 0 unspecified atom stereocenters. The van der Waals surface area contributed by atoms with E-state index >= 15 is 0 Å². The SMILES string of the molecule is Nc1ccc([N+](=O)[O-])cc1Cn1ccc([N+](=O)[O-])n1. The van der Waals surface area contributed by atoms with Crippen LogP contribution in [0, 0.1) is 20.2 Å². The molecule has 2 N–H and O–H groups in total. The van der Waals surface area contributed by atoms with Gasteiger partial charge in [0.1, 0.15) is 0 Å². The zero-order chi connectivity index (χ0) is 14.0. The van der Waals surface area contributed by atoms with Gasteiger partial charge in [-0.3, -0.25) is 10.1 Å². The van der Waals surface area contributed by atoms with E-state index in [1.165, 1.54) is 35.1 Å². The summed E-state index contributed by atoms with van der Waals surface area (Å²) in [4.78, 5) is 20.0. The smallest absolute Gasteiger partial charge is 0.389 e. The lowest BCUT2D eigenvalue weighted by Crippen LogP contribution is -2.05. The number of nitrogens with two attached hydrogens (primary N) is 1. The van der Waals surface area contributed by atoms with Gasteiger partial charge in [-0.2, -0.15) is 4.68 Å². The topological polar surface area (TPSA) is 130 Å². The van der Waals surface area contributed by atoms with Crippen molar-refractivity contribution >= 4 is 17.2 Å². The number of rotatable bonds is 4. The molecule has 0 aliphatic carbocycles. The molecule has 9 heteroatoms. The van der Waals surface area contributed by atoms with E-state index in [1.807, 2.05) is 0 Å². The highest BCUT2D eigenvalue weighted by atomic mass is 16.6. The van der Waals surface area contributed by atoms with E-state index in [9.17, 15) is 20.2 Å². The van der Waals surface area contributed by atoms with Crippen LogP contribution in [0.2, 0.25) is 0 Å². The summed E-state index contributed by atoms with van der Waals surface area (Å²) in [5.41, 5.74) is 6.46. The first-order valence-electron chi connectivity index (χ1n) is 5.18. The number of hydrogen-bond acceptors (Lipinski definition) is 6. The molecule has 98 valence electrons. The Morgan fingerprint density at radius 3 is 2.53 bits per heavy atom.